The number of fused-ring (bicyclic) bond motifs is 1. The van der Waals surface area contributed by atoms with Gasteiger partial charge in [-0.3, -0.25) is 4.79 Å². The smallest absolute Gasteiger partial charge is 0.179 e. The van der Waals surface area contributed by atoms with Gasteiger partial charge in [-0.2, -0.15) is 5.26 Å². The van der Waals surface area contributed by atoms with Crippen molar-refractivity contribution in [2.75, 3.05) is 44.3 Å². The molecule has 3 fully saturated rings. The molecule has 0 amide bonds. The quantitative estimate of drug-likeness (QED) is 0.792. The Labute approximate surface area is 166 Å². The molecular weight excluding hydrogens is 350 g/mol. The molecule has 2 heterocycles. The second-order valence-corrected chi connectivity index (χ2v) is 8.72. The Morgan fingerprint density at radius 3 is 2.39 bits per heavy atom. The number of allylic oxidation sites excluding steroid dienone is 1. The maximum atomic E-state index is 12.7. The predicted octanol–water partition coefficient (Wildman–Crippen LogP) is 3.15. The molecule has 0 radical (unpaired) electrons. The molecule has 4 aliphatic rings. The van der Waals surface area contributed by atoms with Crippen LogP contribution in [0, 0.1) is 16.7 Å². The number of nitrogens with zero attached hydrogens (tertiary/aromatic N) is 3. The van der Waals surface area contributed by atoms with Crippen LogP contribution in [-0.4, -0.2) is 50.1 Å². The Morgan fingerprint density at radius 2 is 1.75 bits per heavy atom. The first-order chi connectivity index (χ1) is 13.7. The van der Waals surface area contributed by atoms with E-state index in [4.69, 9.17) is 4.74 Å². The van der Waals surface area contributed by atoms with Crippen LogP contribution in [0.4, 0.5) is 5.69 Å². The number of Topliss-reactive ketones (excluding diaryl/α,β-unsaturated/α-hetero) is 1. The Bertz CT molecular complexity index is 862. The van der Waals surface area contributed by atoms with Gasteiger partial charge in [0.2, 0.25) is 0 Å². The van der Waals surface area contributed by atoms with E-state index in [1.807, 2.05) is 0 Å². The topological polar surface area (TPSA) is 56.6 Å². The van der Waals surface area contributed by atoms with Crippen molar-refractivity contribution in [3.05, 3.63) is 34.9 Å². The minimum atomic E-state index is -0.0342. The van der Waals surface area contributed by atoms with Gasteiger partial charge in [-0.1, -0.05) is 12.5 Å². The summed E-state index contributed by atoms with van der Waals surface area (Å²) in [4.78, 5) is 17.3. The molecule has 146 valence electrons. The third-order valence-corrected chi connectivity index (χ3v) is 7.26. The molecule has 0 unspecified atom stereocenters. The number of rotatable bonds is 2. The van der Waals surface area contributed by atoms with Crippen molar-refractivity contribution in [2.45, 2.75) is 38.5 Å². The van der Waals surface area contributed by atoms with Crippen LogP contribution in [0.25, 0.3) is 5.70 Å². The largest absolute Gasteiger partial charge is 0.378 e. The number of piperidine rings is 1. The lowest BCUT2D eigenvalue weighted by Crippen LogP contribution is -2.43. The second-order valence-electron chi connectivity index (χ2n) is 8.72. The highest BCUT2D eigenvalue weighted by atomic mass is 16.5. The fourth-order valence-corrected chi connectivity index (χ4v) is 5.31. The maximum Gasteiger partial charge on any atom is 0.179 e. The van der Waals surface area contributed by atoms with Crippen LogP contribution >= 0.6 is 0 Å². The molecule has 2 aliphatic carbocycles. The molecule has 2 saturated heterocycles. The summed E-state index contributed by atoms with van der Waals surface area (Å²) in [5, 5.41) is 9.78. The third kappa shape index (κ3) is 2.91. The number of ketones is 1. The molecule has 1 aromatic rings. The summed E-state index contributed by atoms with van der Waals surface area (Å²) in [5.74, 6) is -0.0342. The summed E-state index contributed by atoms with van der Waals surface area (Å²) in [7, 11) is 0. The summed E-state index contributed by atoms with van der Waals surface area (Å²) < 4.78 is 5.49. The number of benzene rings is 1. The molecule has 1 saturated carbocycles. The Morgan fingerprint density at radius 1 is 1.00 bits per heavy atom. The average Bonchev–Trinajstić information content (AvgIpc) is 2.72. The number of carbonyl (C=O) groups excluding carboxylic acids is 1. The van der Waals surface area contributed by atoms with E-state index in [1.165, 1.54) is 37.8 Å². The monoisotopic (exact) mass is 377 g/mol. The van der Waals surface area contributed by atoms with E-state index in [2.05, 4.69) is 34.1 Å². The van der Waals surface area contributed by atoms with Gasteiger partial charge < -0.3 is 14.5 Å². The van der Waals surface area contributed by atoms with Crippen LogP contribution in [0.3, 0.4) is 0 Å². The van der Waals surface area contributed by atoms with Crippen molar-refractivity contribution >= 4 is 17.2 Å². The van der Waals surface area contributed by atoms with Crippen LogP contribution in [-0.2, 0) is 16.0 Å². The summed E-state index contributed by atoms with van der Waals surface area (Å²) in [6.45, 7) is 5.16. The maximum absolute atomic E-state index is 12.7. The number of ether oxygens (including phenoxy) is 1. The summed E-state index contributed by atoms with van der Waals surface area (Å²) in [6.07, 6.45) is 6.76. The molecule has 0 N–H and O–H groups in total. The van der Waals surface area contributed by atoms with Crippen molar-refractivity contribution in [2.24, 2.45) is 5.41 Å². The number of hydrogen-bond donors (Lipinski definition) is 0. The van der Waals surface area contributed by atoms with Crippen LogP contribution in [0.1, 0.15) is 43.2 Å². The van der Waals surface area contributed by atoms with Gasteiger partial charge in [0, 0.05) is 43.9 Å². The normalized spacial score (nSPS) is 24.0. The molecule has 1 spiro atoms. The van der Waals surface area contributed by atoms with Crippen LogP contribution in [0.15, 0.2) is 23.8 Å². The zero-order chi connectivity index (χ0) is 19.1. The van der Waals surface area contributed by atoms with E-state index >= 15 is 0 Å². The highest BCUT2D eigenvalue weighted by Crippen LogP contribution is 2.50. The highest BCUT2D eigenvalue weighted by molar-refractivity contribution is 6.10. The second kappa shape index (κ2) is 6.93. The minimum Gasteiger partial charge on any atom is -0.378 e. The number of hydrogen-bond acceptors (Lipinski definition) is 5. The standard InChI is InChI=1S/C23H27N3O2/c24-16-20-21(27)14-17-2-3-18(25-10-12-28-13-11-25)15-19(17)22(20)26-8-6-23(7-9-26)4-1-5-23/h2-3,15H,1,4-14H2. The van der Waals surface area contributed by atoms with Crippen molar-refractivity contribution in [1.82, 2.24) is 4.90 Å². The third-order valence-electron chi connectivity index (χ3n) is 7.26. The number of anilines is 1. The Kier molecular flexibility index (Phi) is 4.40. The first kappa shape index (κ1) is 17.8. The predicted molar refractivity (Wildman–Crippen MR) is 108 cm³/mol. The zero-order valence-electron chi connectivity index (χ0n) is 16.4. The molecule has 0 aromatic heterocycles. The van der Waals surface area contributed by atoms with Gasteiger partial charge in [-0.15, -0.1) is 0 Å². The molecule has 5 nitrogen and oxygen atoms in total. The lowest BCUT2D eigenvalue weighted by atomic mass is 9.63. The van der Waals surface area contributed by atoms with Crippen molar-refractivity contribution in [1.29, 1.82) is 5.26 Å². The average molecular weight is 377 g/mol. The van der Waals surface area contributed by atoms with Gasteiger partial charge in [0.05, 0.1) is 18.9 Å². The Balaban J connectivity index is 1.51. The van der Waals surface area contributed by atoms with E-state index < -0.39 is 0 Å². The highest BCUT2D eigenvalue weighted by Gasteiger charge is 2.41. The molecule has 1 aromatic carbocycles. The van der Waals surface area contributed by atoms with Crippen molar-refractivity contribution < 1.29 is 9.53 Å². The van der Waals surface area contributed by atoms with Crippen molar-refractivity contribution in [3.63, 3.8) is 0 Å². The SMILES string of the molecule is N#CC1=C(N2CCC3(CCC3)CC2)c2cc(N3CCOCC3)ccc2CC1=O. The molecule has 2 aliphatic heterocycles. The van der Waals surface area contributed by atoms with E-state index in [0.717, 1.165) is 56.2 Å². The fourth-order valence-electron chi connectivity index (χ4n) is 5.31. The van der Waals surface area contributed by atoms with Gasteiger partial charge in [0.25, 0.3) is 0 Å². The van der Waals surface area contributed by atoms with Gasteiger partial charge >= 0.3 is 0 Å². The molecule has 0 atom stereocenters. The molecule has 5 heteroatoms. The van der Waals surface area contributed by atoms with Gasteiger partial charge in [-0.05, 0) is 48.8 Å². The van der Waals surface area contributed by atoms with Crippen LogP contribution in [0.5, 0.6) is 0 Å². The summed E-state index contributed by atoms with van der Waals surface area (Å²) >= 11 is 0. The van der Waals surface area contributed by atoms with Gasteiger partial charge in [-0.25, -0.2) is 0 Å². The lowest BCUT2D eigenvalue weighted by molar-refractivity contribution is -0.114. The number of likely N-dealkylation sites (tertiary alicyclic amines) is 1. The number of carbonyl (C=O) groups is 1. The number of nitriles is 1. The minimum absolute atomic E-state index is 0.0342. The van der Waals surface area contributed by atoms with Crippen LogP contribution < -0.4 is 4.90 Å². The van der Waals surface area contributed by atoms with Crippen molar-refractivity contribution in [3.8, 4) is 6.07 Å². The summed E-state index contributed by atoms with van der Waals surface area (Å²) in [5.41, 5.74) is 5.10. The number of morpholine rings is 1. The zero-order valence-corrected chi connectivity index (χ0v) is 16.4. The van der Waals surface area contributed by atoms with Crippen LogP contribution in [0.2, 0.25) is 0 Å². The molecular formula is C23H27N3O2. The van der Waals surface area contributed by atoms with Gasteiger partial charge in [0.15, 0.2) is 5.78 Å². The molecule has 0 bridgehead atoms. The van der Waals surface area contributed by atoms with E-state index in [0.29, 0.717) is 17.4 Å². The first-order valence-electron chi connectivity index (χ1n) is 10.6. The summed E-state index contributed by atoms with van der Waals surface area (Å²) in [6, 6.07) is 8.65. The fraction of sp³-hybridized carbons (Fsp3) is 0.565. The molecule has 28 heavy (non-hydrogen) atoms. The molecule has 5 rings (SSSR count). The lowest BCUT2D eigenvalue weighted by Gasteiger charge is -2.49. The van der Waals surface area contributed by atoms with E-state index in [-0.39, 0.29) is 5.78 Å². The Hall–Kier alpha value is -2.32. The van der Waals surface area contributed by atoms with E-state index in [1.54, 1.807) is 0 Å². The van der Waals surface area contributed by atoms with Gasteiger partial charge in [0.1, 0.15) is 11.6 Å². The first-order valence-corrected chi connectivity index (χ1v) is 10.6. The van der Waals surface area contributed by atoms with E-state index in [9.17, 15) is 10.1 Å².